The highest BCUT2D eigenvalue weighted by Crippen LogP contribution is 2.31. The summed E-state index contributed by atoms with van der Waals surface area (Å²) in [6.07, 6.45) is 5.18. The van der Waals surface area contributed by atoms with Gasteiger partial charge in [-0.2, -0.15) is 0 Å². The van der Waals surface area contributed by atoms with Crippen LogP contribution in [0.15, 0.2) is 18.2 Å². The van der Waals surface area contributed by atoms with Gasteiger partial charge in [0, 0.05) is 18.0 Å². The van der Waals surface area contributed by atoms with Gasteiger partial charge in [-0.15, -0.1) is 0 Å². The van der Waals surface area contributed by atoms with Crippen LogP contribution in [0.5, 0.6) is 5.75 Å². The first-order valence-electron chi connectivity index (χ1n) is 9.25. The molecule has 0 radical (unpaired) electrons. The number of carboxylic acids is 1. The molecule has 1 aromatic rings. The normalized spacial score (nSPS) is 23.1. The van der Waals surface area contributed by atoms with Gasteiger partial charge in [0.1, 0.15) is 5.75 Å². The fourth-order valence-corrected chi connectivity index (χ4v) is 3.41. The highest BCUT2D eigenvalue weighted by atomic mass is 16.5. The van der Waals surface area contributed by atoms with E-state index in [0.717, 1.165) is 36.3 Å². The second kappa shape index (κ2) is 7.89. The summed E-state index contributed by atoms with van der Waals surface area (Å²) in [5.74, 6) is 0.112. The largest absolute Gasteiger partial charge is 0.493 e. The molecule has 5 nitrogen and oxygen atoms in total. The molecule has 0 heterocycles. The number of benzene rings is 1. The molecule has 0 aromatic heterocycles. The van der Waals surface area contributed by atoms with Crippen molar-refractivity contribution in [3.05, 3.63) is 29.3 Å². The maximum Gasteiger partial charge on any atom is 0.306 e. The van der Waals surface area contributed by atoms with Gasteiger partial charge in [-0.1, -0.05) is 18.6 Å². The third-order valence-corrected chi connectivity index (χ3v) is 5.24. The zero-order chi connectivity index (χ0) is 17.8. The van der Waals surface area contributed by atoms with E-state index in [4.69, 9.17) is 9.84 Å². The van der Waals surface area contributed by atoms with Crippen LogP contribution in [0.3, 0.4) is 0 Å². The molecule has 1 aromatic carbocycles. The number of amides is 1. The van der Waals surface area contributed by atoms with E-state index in [0.29, 0.717) is 25.3 Å². The molecule has 2 fully saturated rings. The molecule has 2 N–H and O–H groups in total. The number of hydrogen-bond acceptors (Lipinski definition) is 3. The fourth-order valence-electron chi connectivity index (χ4n) is 3.41. The Morgan fingerprint density at radius 3 is 2.68 bits per heavy atom. The first-order valence-corrected chi connectivity index (χ1v) is 9.25. The van der Waals surface area contributed by atoms with Gasteiger partial charge in [0.15, 0.2) is 0 Å². The summed E-state index contributed by atoms with van der Waals surface area (Å²) in [6, 6.07) is 6.04. The van der Waals surface area contributed by atoms with Crippen molar-refractivity contribution >= 4 is 11.9 Å². The lowest BCUT2D eigenvalue weighted by Gasteiger charge is -2.25. The van der Waals surface area contributed by atoms with Gasteiger partial charge < -0.3 is 15.2 Å². The van der Waals surface area contributed by atoms with Gasteiger partial charge in [0.2, 0.25) is 5.91 Å². The van der Waals surface area contributed by atoms with Crippen molar-refractivity contribution in [2.75, 3.05) is 6.61 Å². The Kier molecular flexibility index (Phi) is 5.61. The van der Waals surface area contributed by atoms with E-state index >= 15 is 0 Å². The lowest BCUT2D eigenvalue weighted by Crippen LogP contribution is -2.35. The molecule has 2 atom stereocenters. The van der Waals surface area contributed by atoms with E-state index in [1.165, 1.54) is 12.8 Å². The van der Waals surface area contributed by atoms with E-state index in [2.05, 4.69) is 5.32 Å². The molecule has 0 aliphatic heterocycles. The van der Waals surface area contributed by atoms with Crippen LogP contribution in [0.2, 0.25) is 0 Å². The number of rotatable bonds is 7. The zero-order valence-corrected chi connectivity index (χ0v) is 14.8. The van der Waals surface area contributed by atoms with Crippen molar-refractivity contribution < 1.29 is 19.4 Å². The predicted molar refractivity (Wildman–Crippen MR) is 94.3 cm³/mol. The molecule has 1 amide bonds. The molecule has 0 spiro atoms. The zero-order valence-electron chi connectivity index (χ0n) is 14.8. The van der Waals surface area contributed by atoms with Gasteiger partial charge in [0.05, 0.1) is 12.5 Å². The van der Waals surface area contributed by atoms with E-state index in [-0.39, 0.29) is 17.7 Å². The van der Waals surface area contributed by atoms with Crippen molar-refractivity contribution in [3.63, 3.8) is 0 Å². The van der Waals surface area contributed by atoms with Crippen LogP contribution in [0.25, 0.3) is 0 Å². The quantitative estimate of drug-likeness (QED) is 0.795. The van der Waals surface area contributed by atoms with Gasteiger partial charge >= 0.3 is 5.97 Å². The molecular weight excluding hydrogens is 318 g/mol. The Morgan fingerprint density at radius 1 is 1.20 bits per heavy atom. The summed E-state index contributed by atoms with van der Waals surface area (Å²) in [5.41, 5.74) is 2.11. The molecule has 2 unspecified atom stereocenters. The highest BCUT2D eigenvalue weighted by Gasteiger charge is 2.31. The molecular formula is C20H27NO4. The number of carbonyl (C=O) groups excluding carboxylic acids is 1. The number of nitrogens with one attached hydrogen (secondary N) is 1. The number of carboxylic acid groups (broad SMARTS) is 1. The maximum absolute atomic E-state index is 12.4. The summed E-state index contributed by atoms with van der Waals surface area (Å²) in [5, 5.41) is 12.1. The van der Waals surface area contributed by atoms with Crippen molar-refractivity contribution in [1.29, 1.82) is 0 Å². The number of carbonyl (C=O) groups is 2. The Balaban J connectivity index is 1.56. The second-order valence-electron chi connectivity index (χ2n) is 7.48. The monoisotopic (exact) mass is 345 g/mol. The Morgan fingerprint density at radius 2 is 1.96 bits per heavy atom. The molecule has 25 heavy (non-hydrogen) atoms. The van der Waals surface area contributed by atoms with Crippen LogP contribution in [0, 0.1) is 24.7 Å². The lowest BCUT2D eigenvalue weighted by atomic mass is 9.81. The van der Waals surface area contributed by atoms with Crippen LogP contribution in [-0.4, -0.2) is 23.6 Å². The SMILES string of the molecule is Cc1ccc(CNC(=O)C2CCCC(C(=O)O)C2)c(OCC2CC2)c1. The predicted octanol–water partition coefficient (Wildman–Crippen LogP) is 3.29. The summed E-state index contributed by atoms with van der Waals surface area (Å²) < 4.78 is 5.94. The van der Waals surface area contributed by atoms with Crippen LogP contribution >= 0.6 is 0 Å². The van der Waals surface area contributed by atoms with Gasteiger partial charge in [-0.05, 0) is 56.6 Å². The van der Waals surface area contributed by atoms with Crippen LogP contribution in [-0.2, 0) is 16.1 Å². The topological polar surface area (TPSA) is 75.6 Å². The van der Waals surface area contributed by atoms with E-state index in [9.17, 15) is 9.59 Å². The molecule has 3 rings (SSSR count). The minimum absolute atomic E-state index is 0.0420. The van der Waals surface area contributed by atoms with Gasteiger partial charge in [-0.25, -0.2) is 0 Å². The molecule has 2 aliphatic rings. The molecule has 0 saturated heterocycles. The molecule has 2 aliphatic carbocycles. The maximum atomic E-state index is 12.4. The average molecular weight is 345 g/mol. The third-order valence-electron chi connectivity index (χ3n) is 5.24. The second-order valence-corrected chi connectivity index (χ2v) is 7.48. The van der Waals surface area contributed by atoms with Crippen LogP contribution in [0.1, 0.15) is 49.7 Å². The first kappa shape index (κ1) is 17.8. The smallest absolute Gasteiger partial charge is 0.306 e. The van der Waals surface area contributed by atoms with Crippen molar-refractivity contribution in [2.45, 2.75) is 52.0 Å². The highest BCUT2D eigenvalue weighted by molar-refractivity contribution is 5.80. The Labute approximate surface area is 148 Å². The number of aliphatic carboxylic acids is 1. The van der Waals surface area contributed by atoms with Gasteiger partial charge in [0.25, 0.3) is 0 Å². The van der Waals surface area contributed by atoms with Gasteiger partial charge in [-0.3, -0.25) is 9.59 Å². The summed E-state index contributed by atoms with van der Waals surface area (Å²) in [6.45, 7) is 3.20. The van der Waals surface area contributed by atoms with Crippen molar-refractivity contribution in [1.82, 2.24) is 5.32 Å². The number of aryl methyl sites for hydroxylation is 1. The minimum Gasteiger partial charge on any atom is -0.493 e. The molecule has 2 saturated carbocycles. The third kappa shape index (κ3) is 4.97. The van der Waals surface area contributed by atoms with Crippen molar-refractivity contribution in [3.8, 4) is 5.75 Å². The minimum atomic E-state index is -0.785. The Bertz CT molecular complexity index is 639. The van der Waals surface area contributed by atoms with E-state index in [1.54, 1.807) is 0 Å². The number of ether oxygens (including phenoxy) is 1. The molecule has 5 heteroatoms. The fraction of sp³-hybridized carbons (Fsp3) is 0.600. The first-order chi connectivity index (χ1) is 12.0. The summed E-state index contributed by atoms with van der Waals surface area (Å²) in [7, 11) is 0. The lowest BCUT2D eigenvalue weighted by molar-refractivity contribution is -0.144. The average Bonchev–Trinajstić information content (AvgIpc) is 3.43. The standard InChI is InChI=1S/C20H27NO4/c1-13-5-8-17(18(9-13)25-12-14-6-7-14)11-21-19(22)15-3-2-4-16(10-15)20(23)24/h5,8-9,14-16H,2-4,6-7,10-12H2,1H3,(H,21,22)(H,23,24). The van der Waals surface area contributed by atoms with Crippen molar-refractivity contribution in [2.24, 2.45) is 17.8 Å². The summed E-state index contributed by atoms with van der Waals surface area (Å²) >= 11 is 0. The van der Waals surface area contributed by atoms with E-state index in [1.807, 2.05) is 25.1 Å². The number of hydrogen-bond donors (Lipinski definition) is 2. The van der Waals surface area contributed by atoms with Crippen LogP contribution < -0.4 is 10.1 Å². The summed E-state index contributed by atoms with van der Waals surface area (Å²) in [4.78, 5) is 23.6. The Hall–Kier alpha value is -2.04. The molecule has 0 bridgehead atoms. The van der Waals surface area contributed by atoms with E-state index < -0.39 is 5.97 Å². The van der Waals surface area contributed by atoms with Crippen LogP contribution in [0.4, 0.5) is 0 Å². The molecule has 136 valence electrons.